The van der Waals surface area contributed by atoms with Crippen molar-refractivity contribution >= 4 is 22.4 Å². The SMILES string of the molecule is CC/C=C(\Cl)S(=O)c1ccccc1. The topological polar surface area (TPSA) is 17.1 Å². The summed E-state index contributed by atoms with van der Waals surface area (Å²) in [6.45, 7) is 1.96. The quantitative estimate of drug-likeness (QED) is 0.755. The van der Waals surface area contributed by atoms with E-state index in [9.17, 15) is 4.21 Å². The maximum atomic E-state index is 11.6. The van der Waals surface area contributed by atoms with E-state index in [4.69, 9.17) is 11.6 Å². The summed E-state index contributed by atoms with van der Waals surface area (Å²) in [5, 5.41) is 0. The molecule has 0 saturated carbocycles. The first-order chi connectivity index (χ1) is 6.25. The lowest BCUT2D eigenvalue weighted by Crippen LogP contribution is -1.89. The van der Waals surface area contributed by atoms with Gasteiger partial charge in [0.15, 0.2) is 0 Å². The van der Waals surface area contributed by atoms with Gasteiger partial charge in [-0.2, -0.15) is 0 Å². The molecule has 0 aliphatic heterocycles. The first kappa shape index (κ1) is 10.5. The smallest absolute Gasteiger partial charge is 0.105 e. The van der Waals surface area contributed by atoms with E-state index in [0.717, 1.165) is 11.3 Å². The molecule has 1 nitrogen and oxygen atoms in total. The highest BCUT2D eigenvalue weighted by Crippen LogP contribution is 2.17. The Morgan fingerprint density at radius 1 is 1.46 bits per heavy atom. The Kier molecular flexibility index (Phi) is 4.19. The normalized spacial score (nSPS) is 14.2. The molecule has 0 saturated heterocycles. The van der Waals surface area contributed by atoms with Crippen molar-refractivity contribution in [3.63, 3.8) is 0 Å². The molecule has 0 amide bonds. The van der Waals surface area contributed by atoms with Gasteiger partial charge >= 0.3 is 0 Å². The lowest BCUT2D eigenvalue weighted by atomic mass is 10.4. The van der Waals surface area contributed by atoms with Crippen LogP contribution in [0, 0.1) is 0 Å². The molecule has 3 heteroatoms. The standard InChI is InChI=1S/C10H11ClOS/c1-2-6-10(11)13(12)9-7-4-3-5-8-9/h3-8H,2H2,1H3/b10-6+. The number of benzene rings is 1. The fraction of sp³-hybridized carbons (Fsp3) is 0.200. The first-order valence-electron chi connectivity index (χ1n) is 4.08. The van der Waals surface area contributed by atoms with Crippen LogP contribution in [-0.4, -0.2) is 4.21 Å². The number of hydrogen-bond acceptors (Lipinski definition) is 1. The van der Waals surface area contributed by atoms with Crippen molar-refractivity contribution in [3.8, 4) is 0 Å². The van der Waals surface area contributed by atoms with E-state index in [-0.39, 0.29) is 0 Å². The predicted molar refractivity (Wildman–Crippen MR) is 57.1 cm³/mol. The van der Waals surface area contributed by atoms with Crippen LogP contribution < -0.4 is 0 Å². The molecule has 0 aliphatic rings. The van der Waals surface area contributed by atoms with Crippen molar-refractivity contribution < 1.29 is 4.21 Å². The molecule has 1 unspecified atom stereocenters. The molecule has 0 aliphatic carbocycles. The van der Waals surface area contributed by atoms with Crippen molar-refractivity contribution in [2.75, 3.05) is 0 Å². The van der Waals surface area contributed by atoms with Gasteiger partial charge in [-0.3, -0.25) is 0 Å². The molecular formula is C10H11ClOS. The summed E-state index contributed by atoms with van der Waals surface area (Å²) in [6.07, 6.45) is 2.57. The Balaban J connectivity index is 2.86. The van der Waals surface area contributed by atoms with E-state index in [0.29, 0.717) is 4.36 Å². The number of halogens is 1. The Bertz CT molecular complexity index is 319. The minimum Gasteiger partial charge on any atom is -0.248 e. The molecule has 0 heterocycles. The Labute approximate surface area is 85.9 Å². The van der Waals surface area contributed by atoms with E-state index in [2.05, 4.69) is 0 Å². The molecule has 1 aromatic carbocycles. The fourth-order valence-corrected chi connectivity index (χ4v) is 2.26. The molecule has 0 N–H and O–H groups in total. The summed E-state index contributed by atoms with van der Waals surface area (Å²) in [4.78, 5) is 0.747. The van der Waals surface area contributed by atoms with Crippen molar-refractivity contribution in [1.29, 1.82) is 0 Å². The van der Waals surface area contributed by atoms with Crippen LogP contribution in [0.5, 0.6) is 0 Å². The Morgan fingerprint density at radius 3 is 2.62 bits per heavy atom. The van der Waals surface area contributed by atoms with E-state index in [1.807, 2.05) is 37.3 Å². The molecule has 1 rings (SSSR count). The summed E-state index contributed by atoms with van der Waals surface area (Å²) in [5.41, 5.74) is 0. The van der Waals surface area contributed by atoms with Crippen LogP contribution >= 0.6 is 11.6 Å². The minimum atomic E-state index is -1.20. The summed E-state index contributed by atoms with van der Waals surface area (Å²) in [6, 6.07) is 9.20. The highest BCUT2D eigenvalue weighted by molar-refractivity contribution is 7.90. The molecule has 0 spiro atoms. The van der Waals surface area contributed by atoms with Crippen LogP contribution in [0.2, 0.25) is 0 Å². The zero-order valence-corrected chi connectivity index (χ0v) is 8.94. The molecule has 0 bridgehead atoms. The van der Waals surface area contributed by atoms with Crippen LogP contribution in [0.15, 0.2) is 45.7 Å². The van der Waals surface area contributed by atoms with Crippen molar-refractivity contribution in [2.24, 2.45) is 0 Å². The van der Waals surface area contributed by atoms with Gasteiger partial charge in [-0.15, -0.1) is 0 Å². The van der Waals surface area contributed by atoms with E-state index in [1.165, 1.54) is 0 Å². The van der Waals surface area contributed by atoms with E-state index >= 15 is 0 Å². The molecule has 0 aromatic heterocycles. The maximum Gasteiger partial charge on any atom is 0.105 e. The van der Waals surface area contributed by atoms with Crippen LogP contribution in [0.3, 0.4) is 0 Å². The fourth-order valence-electron chi connectivity index (χ4n) is 0.893. The van der Waals surface area contributed by atoms with Gasteiger partial charge in [0, 0.05) is 4.90 Å². The summed E-state index contributed by atoms with van der Waals surface area (Å²) in [7, 11) is -1.20. The monoisotopic (exact) mass is 214 g/mol. The number of allylic oxidation sites excluding steroid dienone is 1. The summed E-state index contributed by atoms with van der Waals surface area (Å²) < 4.78 is 12.1. The van der Waals surface area contributed by atoms with E-state index in [1.54, 1.807) is 6.08 Å². The second-order valence-corrected chi connectivity index (χ2v) is 4.58. The van der Waals surface area contributed by atoms with Gasteiger partial charge in [0.25, 0.3) is 0 Å². The first-order valence-corrected chi connectivity index (χ1v) is 5.61. The summed E-state index contributed by atoms with van der Waals surface area (Å²) >= 11 is 5.83. The highest BCUT2D eigenvalue weighted by Gasteiger charge is 2.05. The van der Waals surface area contributed by atoms with Gasteiger partial charge in [0.1, 0.15) is 4.36 Å². The zero-order valence-electron chi connectivity index (χ0n) is 7.37. The third kappa shape index (κ3) is 2.98. The molecule has 0 fully saturated rings. The summed E-state index contributed by atoms with van der Waals surface area (Å²) in [5.74, 6) is 0. The van der Waals surface area contributed by atoms with E-state index < -0.39 is 10.8 Å². The van der Waals surface area contributed by atoms with Crippen LogP contribution in [0.1, 0.15) is 13.3 Å². The lowest BCUT2D eigenvalue weighted by Gasteiger charge is -1.98. The molecule has 70 valence electrons. The number of rotatable bonds is 3. The third-order valence-corrected chi connectivity index (χ3v) is 3.29. The largest absolute Gasteiger partial charge is 0.248 e. The third-order valence-electron chi connectivity index (χ3n) is 1.50. The van der Waals surface area contributed by atoms with Gasteiger partial charge in [-0.1, -0.05) is 42.8 Å². The molecular weight excluding hydrogens is 204 g/mol. The Morgan fingerprint density at radius 2 is 2.08 bits per heavy atom. The van der Waals surface area contributed by atoms with Crippen molar-refractivity contribution in [1.82, 2.24) is 0 Å². The molecule has 13 heavy (non-hydrogen) atoms. The molecule has 1 aromatic rings. The average Bonchev–Trinajstić information content (AvgIpc) is 2.18. The van der Waals surface area contributed by atoms with Gasteiger partial charge in [-0.25, -0.2) is 4.21 Å². The maximum absolute atomic E-state index is 11.6. The lowest BCUT2D eigenvalue weighted by molar-refractivity contribution is 0.688. The van der Waals surface area contributed by atoms with Gasteiger partial charge in [0.05, 0.1) is 10.8 Å². The average molecular weight is 215 g/mol. The van der Waals surface area contributed by atoms with Crippen LogP contribution in [0.25, 0.3) is 0 Å². The molecule has 1 atom stereocenters. The van der Waals surface area contributed by atoms with Crippen LogP contribution in [-0.2, 0) is 10.8 Å². The van der Waals surface area contributed by atoms with Gasteiger partial charge < -0.3 is 0 Å². The minimum absolute atomic E-state index is 0.411. The highest BCUT2D eigenvalue weighted by atomic mass is 35.5. The molecule has 0 radical (unpaired) electrons. The van der Waals surface area contributed by atoms with Crippen LogP contribution in [0.4, 0.5) is 0 Å². The Hall–Kier alpha value is -0.600. The second kappa shape index (κ2) is 5.20. The van der Waals surface area contributed by atoms with Crippen molar-refractivity contribution in [3.05, 3.63) is 40.8 Å². The second-order valence-electron chi connectivity index (χ2n) is 2.50. The zero-order chi connectivity index (χ0) is 9.68. The predicted octanol–water partition coefficient (Wildman–Crippen LogP) is 3.28. The van der Waals surface area contributed by atoms with Crippen molar-refractivity contribution in [2.45, 2.75) is 18.2 Å². The van der Waals surface area contributed by atoms with Gasteiger partial charge in [-0.05, 0) is 18.6 Å². The number of hydrogen-bond donors (Lipinski definition) is 0. The van der Waals surface area contributed by atoms with Gasteiger partial charge in [0.2, 0.25) is 0 Å².